The van der Waals surface area contributed by atoms with Gasteiger partial charge in [0.15, 0.2) is 0 Å². The number of nitrogens with one attached hydrogen (secondary N) is 1. The largest absolute Gasteiger partial charge is 0.336 e. The minimum absolute atomic E-state index is 0.0176. The van der Waals surface area contributed by atoms with Gasteiger partial charge in [-0.3, -0.25) is 4.79 Å². The number of nitrogens with zero attached hydrogens (tertiary/aromatic N) is 3. The number of amides is 1. The topological polar surface area (TPSA) is 71.3 Å². The van der Waals surface area contributed by atoms with E-state index in [4.69, 9.17) is 4.52 Å². The van der Waals surface area contributed by atoms with E-state index in [9.17, 15) is 4.79 Å². The molecule has 19 heavy (non-hydrogen) atoms. The van der Waals surface area contributed by atoms with Gasteiger partial charge in [-0.25, -0.2) is 4.98 Å². The van der Waals surface area contributed by atoms with Crippen molar-refractivity contribution in [3.05, 3.63) is 23.5 Å². The lowest BCUT2D eigenvalue weighted by molar-refractivity contribution is 0.0655. The molecular weight excluding hydrogens is 244 g/mol. The first-order valence-corrected chi connectivity index (χ1v) is 6.40. The minimum Gasteiger partial charge on any atom is -0.336 e. The Morgan fingerprint density at radius 2 is 2.42 bits per heavy atom. The van der Waals surface area contributed by atoms with E-state index in [2.05, 4.69) is 15.5 Å². The van der Waals surface area contributed by atoms with Crippen molar-refractivity contribution in [2.24, 2.45) is 0 Å². The average molecular weight is 260 g/mol. The number of carbonyl (C=O) groups is 1. The van der Waals surface area contributed by atoms with Crippen molar-refractivity contribution in [1.82, 2.24) is 20.4 Å². The number of pyridine rings is 1. The Morgan fingerprint density at radius 3 is 3.21 bits per heavy atom. The SMILES string of the molecule is Cc1noc2ncc(C(=O)N3CCNCC3C)cc12. The summed E-state index contributed by atoms with van der Waals surface area (Å²) in [7, 11) is 0. The van der Waals surface area contributed by atoms with Crippen molar-refractivity contribution >= 4 is 17.0 Å². The van der Waals surface area contributed by atoms with E-state index in [1.807, 2.05) is 24.8 Å². The van der Waals surface area contributed by atoms with Crippen LogP contribution in [-0.2, 0) is 0 Å². The summed E-state index contributed by atoms with van der Waals surface area (Å²) in [6, 6.07) is 2.01. The highest BCUT2D eigenvalue weighted by Gasteiger charge is 2.24. The quantitative estimate of drug-likeness (QED) is 0.827. The summed E-state index contributed by atoms with van der Waals surface area (Å²) in [5, 5.41) is 7.92. The third-order valence-electron chi connectivity index (χ3n) is 3.52. The van der Waals surface area contributed by atoms with Crippen molar-refractivity contribution in [2.75, 3.05) is 19.6 Å². The van der Waals surface area contributed by atoms with Gasteiger partial charge in [-0.15, -0.1) is 0 Å². The average Bonchev–Trinajstić information content (AvgIpc) is 2.80. The Kier molecular flexibility index (Phi) is 2.94. The van der Waals surface area contributed by atoms with Gasteiger partial charge >= 0.3 is 0 Å². The van der Waals surface area contributed by atoms with Crippen LogP contribution in [0, 0.1) is 6.92 Å². The van der Waals surface area contributed by atoms with Gasteiger partial charge in [0, 0.05) is 31.9 Å². The van der Waals surface area contributed by atoms with Crippen LogP contribution in [0.4, 0.5) is 0 Å². The van der Waals surface area contributed by atoms with E-state index in [0.29, 0.717) is 11.3 Å². The molecule has 100 valence electrons. The van der Waals surface area contributed by atoms with Crippen LogP contribution in [0.15, 0.2) is 16.8 Å². The fraction of sp³-hybridized carbons (Fsp3) is 0.462. The Labute approximate surface area is 110 Å². The van der Waals surface area contributed by atoms with Crippen molar-refractivity contribution < 1.29 is 9.32 Å². The molecule has 0 spiro atoms. The first-order valence-electron chi connectivity index (χ1n) is 6.40. The summed E-state index contributed by atoms with van der Waals surface area (Å²) >= 11 is 0. The maximum Gasteiger partial charge on any atom is 0.257 e. The zero-order chi connectivity index (χ0) is 13.4. The molecule has 2 aromatic heterocycles. The van der Waals surface area contributed by atoms with Crippen LogP contribution in [0.1, 0.15) is 23.0 Å². The van der Waals surface area contributed by atoms with Crippen molar-refractivity contribution in [3.8, 4) is 0 Å². The van der Waals surface area contributed by atoms with Crippen LogP contribution >= 0.6 is 0 Å². The van der Waals surface area contributed by atoms with Gasteiger partial charge in [0.1, 0.15) is 0 Å². The molecule has 1 amide bonds. The molecule has 0 radical (unpaired) electrons. The first kappa shape index (κ1) is 12.1. The molecule has 2 aromatic rings. The summed E-state index contributed by atoms with van der Waals surface area (Å²) < 4.78 is 5.05. The predicted octanol–water partition coefficient (Wildman–Crippen LogP) is 0.965. The van der Waals surface area contributed by atoms with Crippen LogP contribution in [0.3, 0.4) is 0 Å². The van der Waals surface area contributed by atoms with Gasteiger partial charge in [-0.2, -0.15) is 0 Å². The van der Waals surface area contributed by atoms with E-state index < -0.39 is 0 Å². The lowest BCUT2D eigenvalue weighted by Gasteiger charge is -2.33. The summed E-state index contributed by atoms with van der Waals surface area (Å²) in [5.74, 6) is 0.0176. The van der Waals surface area contributed by atoms with Crippen LogP contribution in [0.25, 0.3) is 11.1 Å². The van der Waals surface area contributed by atoms with Gasteiger partial charge in [0.2, 0.25) is 0 Å². The summed E-state index contributed by atoms with van der Waals surface area (Å²) in [6.45, 7) is 6.27. The number of aryl methyl sites for hydroxylation is 1. The number of hydrogen-bond donors (Lipinski definition) is 1. The normalized spacial score (nSPS) is 19.9. The van der Waals surface area contributed by atoms with Crippen molar-refractivity contribution in [2.45, 2.75) is 19.9 Å². The van der Waals surface area contributed by atoms with E-state index >= 15 is 0 Å². The number of carbonyl (C=O) groups excluding carboxylic acids is 1. The molecule has 1 N–H and O–H groups in total. The number of rotatable bonds is 1. The Balaban J connectivity index is 1.94. The second-order valence-corrected chi connectivity index (χ2v) is 4.90. The molecule has 0 aliphatic carbocycles. The van der Waals surface area contributed by atoms with E-state index in [1.165, 1.54) is 0 Å². The van der Waals surface area contributed by atoms with Crippen LogP contribution in [-0.4, -0.2) is 46.6 Å². The molecule has 1 aliphatic heterocycles. The second-order valence-electron chi connectivity index (χ2n) is 4.90. The first-order chi connectivity index (χ1) is 9.16. The molecule has 6 nitrogen and oxygen atoms in total. The molecule has 3 rings (SSSR count). The van der Waals surface area contributed by atoms with E-state index in [-0.39, 0.29) is 11.9 Å². The smallest absolute Gasteiger partial charge is 0.257 e. The van der Waals surface area contributed by atoms with E-state index in [1.54, 1.807) is 6.20 Å². The highest BCUT2D eigenvalue weighted by molar-refractivity contribution is 5.97. The Morgan fingerprint density at radius 1 is 1.58 bits per heavy atom. The van der Waals surface area contributed by atoms with Crippen LogP contribution in [0.2, 0.25) is 0 Å². The minimum atomic E-state index is 0.0176. The second kappa shape index (κ2) is 4.62. The fourth-order valence-electron chi connectivity index (χ4n) is 2.37. The number of hydrogen-bond acceptors (Lipinski definition) is 5. The molecular formula is C13H16N4O2. The van der Waals surface area contributed by atoms with Gasteiger partial charge < -0.3 is 14.7 Å². The third-order valence-corrected chi connectivity index (χ3v) is 3.52. The Hall–Kier alpha value is -1.95. The lowest BCUT2D eigenvalue weighted by atomic mass is 10.1. The highest BCUT2D eigenvalue weighted by atomic mass is 16.5. The maximum atomic E-state index is 12.5. The van der Waals surface area contributed by atoms with Crippen LogP contribution < -0.4 is 5.32 Å². The molecule has 6 heteroatoms. The number of fused-ring (bicyclic) bond motifs is 1. The number of aromatic nitrogens is 2. The summed E-state index contributed by atoms with van der Waals surface area (Å²) in [5.41, 5.74) is 1.82. The van der Waals surface area contributed by atoms with Crippen molar-refractivity contribution in [1.29, 1.82) is 0 Å². The van der Waals surface area contributed by atoms with E-state index in [0.717, 1.165) is 30.7 Å². The van der Waals surface area contributed by atoms with Gasteiger partial charge in [0.05, 0.1) is 16.6 Å². The molecule has 1 unspecified atom stereocenters. The molecule has 0 saturated carbocycles. The molecule has 1 saturated heterocycles. The number of piperazine rings is 1. The zero-order valence-electron chi connectivity index (χ0n) is 11.0. The standard InChI is InChI=1S/C13H16N4O2/c1-8-6-14-3-4-17(8)13(18)10-5-11-9(2)16-19-12(11)15-7-10/h5,7-8,14H,3-4,6H2,1-2H3. The highest BCUT2D eigenvalue weighted by Crippen LogP contribution is 2.18. The summed E-state index contributed by atoms with van der Waals surface area (Å²) in [4.78, 5) is 18.5. The fourth-order valence-corrected chi connectivity index (χ4v) is 2.37. The van der Waals surface area contributed by atoms with Gasteiger partial charge in [-0.1, -0.05) is 5.16 Å². The molecule has 3 heterocycles. The molecule has 0 aromatic carbocycles. The predicted molar refractivity (Wildman–Crippen MR) is 69.9 cm³/mol. The zero-order valence-corrected chi connectivity index (χ0v) is 11.0. The third kappa shape index (κ3) is 2.08. The van der Waals surface area contributed by atoms with Crippen molar-refractivity contribution in [3.63, 3.8) is 0 Å². The molecule has 0 bridgehead atoms. The van der Waals surface area contributed by atoms with Gasteiger partial charge in [0.25, 0.3) is 11.6 Å². The molecule has 1 fully saturated rings. The molecule has 1 aliphatic rings. The summed E-state index contributed by atoms with van der Waals surface area (Å²) in [6.07, 6.45) is 1.56. The Bertz CT molecular complexity index is 622. The monoisotopic (exact) mass is 260 g/mol. The van der Waals surface area contributed by atoms with Gasteiger partial charge in [-0.05, 0) is 19.9 Å². The molecule has 1 atom stereocenters. The van der Waals surface area contributed by atoms with Crippen LogP contribution in [0.5, 0.6) is 0 Å². The lowest BCUT2D eigenvalue weighted by Crippen LogP contribution is -2.52. The maximum absolute atomic E-state index is 12.5.